The van der Waals surface area contributed by atoms with Gasteiger partial charge in [-0.15, -0.1) is 0 Å². The maximum atomic E-state index is 4.95. The molecule has 7 aromatic carbocycles. The standard InChI is InChI=1S/C44H28N2/c1-3-13-29(14-4-1)41-35-19-9-7-17-33(35)39(37-21-11-27-45-43(37)41)31-23-25-32(26-24-31)40-34-18-8-10-20-36(34)42(30-15-5-2-6-16-30)44-38(40)22-12-28-46-44/h1-28H. The third-order valence-electron chi connectivity index (χ3n) is 9.15. The molecule has 0 radical (unpaired) electrons. The normalized spacial score (nSPS) is 11.5. The van der Waals surface area contributed by atoms with Crippen LogP contribution in [0.2, 0.25) is 0 Å². The zero-order valence-electron chi connectivity index (χ0n) is 25.1. The third-order valence-corrected chi connectivity index (χ3v) is 9.15. The van der Waals surface area contributed by atoms with Crippen molar-refractivity contribution < 1.29 is 0 Å². The molecular formula is C44H28N2. The van der Waals surface area contributed by atoms with Gasteiger partial charge in [-0.05, 0) is 67.1 Å². The summed E-state index contributed by atoms with van der Waals surface area (Å²) < 4.78 is 0. The third kappa shape index (κ3) is 4.12. The van der Waals surface area contributed by atoms with Gasteiger partial charge in [-0.1, -0.05) is 146 Å². The van der Waals surface area contributed by atoms with E-state index in [-0.39, 0.29) is 0 Å². The van der Waals surface area contributed by atoms with Crippen LogP contribution in [0.5, 0.6) is 0 Å². The van der Waals surface area contributed by atoms with Crippen LogP contribution in [0.25, 0.3) is 87.9 Å². The smallest absolute Gasteiger partial charge is 0.0792 e. The number of aromatic nitrogens is 2. The van der Waals surface area contributed by atoms with E-state index in [1.54, 1.807) is 0 Å². The molecule has 0 N–H and O–H groups in total. The van der Waals surface area contributed by atoms with E-state index in [2.05, 4.69) is 146 Å². The van der Waals surface area contributed by atoms with Gasteiger partial charge in [-0.3, -0.25) is 9.97 Å². The Bertz CT molecular complexity index is 2260. The summed E-state index contributed by atoms with van der Waals surface area (Å²) >= 11 is 0. The van der Waals surface area contributed by atoms with E-state index in [1.165, 1.54) is 66.1 Å². The van der Waals surface area contributed by atoms with Crippen molar-refractivity contribution in [1.29, 1.82) is 0 Å². The largest absolute Gasteiger partial charge is 0.256 e. The van der Waals surface area contributed by atoms with Crippen molar-refractivity contribution in [3.8, 4) is 44.5 Å². The number of hydrogen-bond donors (Lipinski definition) is 0. The van der Waals surface area contributed by atoms with Crippen LogP contribution in [0, 0.1) is 0 Å². The van der Waals surface area contributed by atoms with Crippen molar-refractivity contribution in [2.24, 2.45) is 0 Å². The summed E-state index contributed by atoms with van der Waals surface area (Å²) in [6, 6.07) is 56.3. The van der Waals surface area contributed by atoms with Crippen LogP contribution in [-0.2, 0) is 0 Å². The Hall–Kier alpha value is -6.12. The second-order valence-corrected chi connectivity index (χ2v) is 11.7. The molecule has 46 heavy (non-hydrogen) atoms. The van der Waals surface area contributed by atoms with Gasteiger partial charge in [-0.2, -0.15) is 0 Å². The maximum Gasteiger partial charge on any atom is 0.0792 e. The molecule has 2 heterocycles. The van der Waals surface area contributed by atoms with Gasteiger partial charge >= 0.3 is 0 Å². The topological polar surface area (TPSA) is 25.8 Å². The highest BCUT2D eigenvalue weighted by Crippen LogP contribution is 2.45. The lowest BCUT2D eigenvalue weighted by molar-refractivity contribution is 1.42. The van der Waals surface area contributed by atoms with Gasteiger partial charge in [0.25, 0.3) is 0 Å². The summed E-state index contributed by atoms with van der Waals surface area (Å²) in [6.07, 6.45) is 3.81. The average molecular weight is 585 g/mol. The number of pyridine rings is 2. The second-order valence-electron chi connectivity index (χ2n) is 11.7. The number of nitrogens with zero attached hydrogens (tertiary/aromatic N) is 2. The molecule has 0 aliphatic heterocycles. The van der Waals surface area contributed by atoms with Crippen molar-refractivity contribution >= 4 is 43.4 Å². The molecule has 0 fully saturated rings. The first kappa shape index (κ1) is 26.3. The summed E-state index contributed by atoms with van der Waals surface area (Å²) in [5, 5.41) is 7.17. The first-order valence-electron chi connectivity index (χ1n) is 15.7. The minimum atomic E-state index is 1.02. The molecule has 2 nitrogen and oxygen atoms in total. The van der Waals surface area contributed by atoms with Gasteiger partial charge < -0.3 is 0 Å². The summed E-state index contributed by atoms with van der Waals surface area (Å²) in [4.78, 5) is 9.91. The summed E-state index contributed by atoms with van der Waals surface area (Å²) in [5.74, 6) is 0. The van der Waals surface area contributed by atoms with Crippen molar-refractivity contribution in [3.05, 3.63) is 170 Å². The van der Waals surface area contributed by atoms with Crippen LogP contribution < -0.4 is 0 Å². The first-order chi connectivity index (χ1) is 22.9. The van der Waals surface area contributed by atoms with Crippen molar-refractivity contribution in [3.63, 3.8) is 0 Å². The lowest BCUT2D eigenvalue weighted by Crippen LogP contribution is -1.93. The summed E-state index contributed by atoms with van der Waals surface area (Å²) in [7, 11) is 0. The van der Waals surface area contributed by atoms with Crippen LogP contribution in [0.1, 0.15) is 0 Å². The average Bonchev–Trinajstić information content (AvgIpc) is 3.13. The van der Waals surface area contributed by atoms with E-state index in [0.717, 1.165) is 21.8 Å². The van der Waals surface area contributed by atoms with E-state index >= 15 is 0 Å². The minimum absolute atomic E-state index is 1.02. The molecule has 2 aromatic heterocycles. The van der Waals surface area contributed by atoms with E-state index in [1.807, 2.05) is 24.5 Å². The molecule has 0 atom stereocenters. The molecule has 0 bridgehead atoms. The van der Waals surface area contributed by atoms with E-state index in [0.29, 0.717) is 0 Å². The fourth-order valence-electron chi connectivity index (χ4n) is 7.22. The molecule has 214 valence electrons. The zero-order valence-corrected chi connectivity index (χ0v) is 25.1. The summed E-state index contributed by atoms with van der Waals surface area (Å²) in [5.41, 5.74) is 11.5. The number of benzene rings is 7. The Morgan fingerprint density at radius 3 is 0.935 bits per heavy atom. The van der Waals surface area contributed by atoms with E-state index in [4.69, 9.17) is 9.97 Å². The molecule has 9 aromatic rings. The van der Waals surface area contributed by atoms with Crippen LogP contribution in [0.4, 0.5) is 0 Å². The van der Waals surface area contributed by atoms with Gasteiger partial charge in [0, 0.05) is 34.3 Å². The van der Waals surface area contributed by atoms with Gasteiger partial charge in [-0.25, -0.2) is 0 Å². The monoisotopic (exact) mass is 584 g/mol. The molecule has 0 aliphatic carbocycles. The summed E-state index contributed by atoms with van der Waals surface area (Å²) in [6.45, 7) is 0. The van der Waals surface area contributed by atoms with Crippen molar-refractivity contribution in [1.82, 2.24) is 9.97 Å². The molecule has 0 amide bonds. The Labute approximate surface area is 267 Å². The van der Waals surface area contributed by atoms with Crippen LogP contribution in [-0.4, -0.2) is 9.97 Å². The highest BCUT2D eigenvalue weighted by atomic mass is 14.7. The minimum Gasteiger partial charge on any atom is -0.256 e. The van der Waals surface area contributed by atoms with E-state index < -0.39 is 0 Å². The molecular weight excluding hydrogens is 556 g/mol. The van der Waals surface area contributed by atoms with Crippen molar-refractivity contribution in [2.45, 2.75) is 0 Å². The Morgan fingerprint density at radius 2 is 0.543 bits per heavy atom. The SMILES string of the molecule is c1ccc(-c2c3ccccc3c(-c3ccc(-c4c5ccccc5c(-c5ccccc5)c5ncccc45)cc3)c3cccnc23)cc1. The highest BCUT2D eigenvalue weighted by Gasteiger charge is 2.19. The van der Waals surface area contributed by atoms with Gasteiger partial charge in [0.2, 0.25) is 0 Å². The number of fused-ring (bicyclic) bond motifs is 4. The fourth-order valence-corrected chi connectivity index (χ4v) is 7.22. The number of rotatable bonds is 4. The molecule has 0 unspecified atom stereocenters. The molecule has 0 saturated heterocycles. The second kappa shape index (κ2) is 10.8. The van der Waals surface area contributed by atoms with Crippen LogP contribution >= 0.6 is 0 Å². The quantitative estimate of drug-likeness (QED) is 0.192. The molecule has 0 saturated carbocycles. The van der Waals surface area contributed by atoms with Crippen LogP contribution in [0.15, 0.2) is 170 Å². The highest BCUT2D eigenvalue weighted by molar-refractivity contribution is 6.22. The lowest BCUT2D eigenvalue weighted by Gasteiger charge is -2.18. The van der Waals surface area contributed by atoms with E-state index in [9.17, 15) is 0 Å². The Balaban J connectivity index is 1.28. The Kier molecular flexibility index (Phi) is 6.17. The van der Waals surface area contributed by atoms with Gasteiger partial charge in [0.1, 0.15) is 0 Å². The lowest BCUT2D eigenvalue weighted by atomic mass is 9.86. The molecule has 9 rings (SSSR count). The maximum absolute atomic E-state index is 4.95. The molecule has 2 heteroatoms. The predicted octanol–water partition coefficient (Wildman–Crippen LogP) is 11.8. The fraction of sp³-hybridized carbons (Fsp3) is 0. The van der Waals surface area contributed by atoms with Crippen molar-refractivity contribution in [2.75, 3.05) is 0 Å². The Morgan fingerprint density at radius 1 is 0.239 bits per heavy atom. The molecule has 0 spiro atoms. The van der Waals surface area contributed by atoms with Gasteiger partial charge in [0.15, 0.2) is 0 Å². The first-order valence-corrected chi connectivity index (χ1v) is 15.7. The predicted molar refractivity (Wildman–Crippen MR) is 194 cm³/mol. The zero-order chi connectivity index (χ0) is 30.5. The number of hydrogen-bond acceptors (Lipinski definition) is 2. The van der Waals surface area contributed by atoms with Gasteiger partial charge in [0.05, 0.1) is 11.0 Å². The van der Waals surface area contributed by atoms with Crippen LogP contribution in [0.3, 0.4) is 0 Å². The molecule has 0 aliphatic rings.